The number of benzene rings is 5. The third kappa shape index (κ3) is 2.05. The van der Waals surface area contributed by atoms with Crippen molar-refractivity contribution in [3.8, 4) is 0 Å². The Kier molecular flexibility index (Phi) is 3.47. The molecule has 18 rings (SSSR count). The van der Waals surface area contributed by atoms with Crippen molar-refractivity contribution >= 4 is 93.4 Å². The van der Waals surface area contributed by atoms with Gasteiger partial charge in [-0.3, -0.25) is 0 Å². The molecule has 9 atom stereocenters. The second-order valence-electron chi connectivity index (χ2n) is 19.8. The molecule has 1 spiro atoms. The molecule has 1 nitrogen and oxygen atoms in total. The van der Waals surface area contributed by atoms with Gasteiger partial charge < -0.3 is 4.74 Å². The van der Waals surface area contributed by atoms with Gasteiger partial charge in [0.2, 0.25) is 0 Å². The molecule has 11 aliphatic carbocycles. The molecule has 0 aliphatic heterocycles. The first kappa shape index (κ1) is 25.7. The Morgan fingerprint density at radius 2 is 1.68 bits per heavy atom. The number of hydrogen-bond donors (Lipinski definition) is 0. The minimum Gasteiger partial charge on any atom is -0.490 e. The number of thiocarbonyl (C=S) groups is 1. The Bertz CT molecular complexity index is 3390. The van der Waals surface area contributed by atoms with Crippen LogP contribution in [0.3, 0.4) is 0 Å². The van der Waals surface area contributed by atoms with E-state index in [9.17, 15) is 0 Å². The third-order valence-corrected chi connectivity index (χ3v) is 19.2. The van der Waals surface area contributed by atoms with Crippen molar-refractivity contribution in [1.29, 1.82) is 0 Å². The summed E-state index contributed by atoms with van der Waals surface area (Å²) in [7, 11) is 1.76. The summed E-state index contributed by atoms with van der Waals surface area (Å²) in [5.41, 5.74) is 21.3. The molecule has 250 valence electrons. The van der Waals surface area contributed by atoms with E-state index in [-0.39, 0.29) is 10.8 Å². The molecule has 2 heteroatoms. The summed E-state index contributed by atoms with van der Waals surface area (Å²) in [6, 6.07) is 14.7. The van der Waals surface area contributed by atoms with Crippen molar-refractivity contribution in [2.24, 2.45) is 23.7 Å². The highest BCUT2D eigenvalue weighted by Gasteiger charge is 2.81. The fourth-order valence-electron chi connectivity index (χ4n) is 18.2. The Labute approximate surface area is 311 Å². The normalized spacial score (nSPS) is 36.1. The number of methoxy groups -OCH3 is 1. The number of ether oxygens (including phenoxy) is 1. The summed E-state index contributed by atoms with van der Waals surface area (Å²) >= 11 is 5.70. The Morgan fingerprint density at radius 1 is 0.811 bits per heavy atom. The highest BCUT2D eigenvalue weighted by molar-refractivity contribution is 7.80. The quantitative estimate of drug-likeness (QED) is 0.131. The minimum atomic E-state index is 0.0602. The van der Waals surface area contributed by atoms with Crippen LogP contribution in [0.5, 0.6) is 0 Å². The number of allylic oxidation sites excluding steroid dienone is 4. The van der Waals surface area contributed by atoms with Crippen LogP contribution in [-0.2, 0) is 22.0 Å². The van der Waals surface area contributed by atoms with Gasteiger partial charge in [-0.25, -0.2) is 0 Å². The predicted molar refractivity (Wildman–Crippen MR) is 217 cm³/mol. The van der Waals surface area contributed by atoms with Crippen LogP contribution in [0, 0.1) is 23.7 Å². The number of rotatable bonds is 5. The van der Waals surface area contributed by atoms with Crippen molar-refractivity contribution in [2.75, 3.05) is 7.11 Å². The summed E-state index contributed by atoms with van der Waals surface area (Å²) in [6.07, 6.45) is 15.4. The molecule has 0 radical (unpaired) electrons. The van der Waals surface area contributed by atoms with Gasteiger partial charge in [-0.05, 0) is 200 Å². The van der Waals surface area contributed by atoms with E-state index in [1.165, 1.54) is 25.7 Å². The minimum absolute atomic E-state index is 0.0602. The molecule has 0 amide bonds. The van der Waals surface area contributed by atoms with Gasteiger partial charge in [-0.2, -0.15) is 0 Å². The van der Waals surface area contributed by atoms with Crippen molar-refractivity contribution in [3.05, 3.63) is 103 Å². The average molecular weight is 695 g/mol. The smallest absolute Gasteiger partial charge is 0.159 e. The largest absolute Gasteiger partial charge is 0.490 e. The maximum absolute atomic E-state index is 5.70. The van der Waals surface area contributed by atoms with Crippen LogP contribution in [0.15, 0.2) is 48.6 Å². The van der Waals surface area contributed by atoms with E-state index in [2.05, 4.69) is 48.6 Å². The molecule has 7 aromatic rings. The first-order valence-electron chi connectivity index (χ1n) is 20.9. The van der Waals surface area contributed by atoms with E-state index in [1.54, 1.807) is 116 Å². The Hall–Kier alpha value is -4.27. The first-order chi connectivity index (χ1) is 26.2. The van der Waals surface area contributed by atoms with Crippen LogP contribution in [0.1, 0.15) is 107 Å². The molecule has 8 unspecified atom stereocenters. The molecule has 0 bridgehead atoms. The Balaban J connectivity index is 1.13. The van der Waals surface area contributed by atoms with Crippen molar-refractivity contribution in [3.63, 3.8) is 0 Å². The van der Waals surface area contributed by atoms with E-state index in [0.717, 1.165) is 42.6 Å². The lowest BCUT2D eigenvalue weighted by Gasteiger charge is -2.42. The van der Waals surface area contributed by atoms with Crippen LogP contribution in [0.25, 0.3) is 76.2 Å². The van der Waals surface area contributed by atoms with Crippen LogP contribution < -0.4 is 10.4 Å². The lowest BCUT2D eigenvalue weighted by Crippen LogP contribution is -2.37. The fraction of sp³-hybridized carbons (Fsp3) is 0.353. The molecule has 0 aromatic heterocycles. The standard InChI is InChI=1S/C51H34OS/c1-52-27(53)8-5-9-50(25-6-3-2-4-7-25)49-26-16-23-14-20-12-21-11-18-10-19-13-22-15-24-17-51(49,50)48-34(24)39-33(22)38-29(19)28(18)36-32(21)37-30(20)31(23)40-35(26)47(48)46-44(39)42(38)41(36)43(37)45(40)46/h2-4,6-7,12,15-16,18-19,21,24,28,32,49H,5,8-11,13-14,17H2,1H3/t18?,19?,21-,24?,28?,32?,49?,50?,51?/m0/s1. The monoisotopic (exact) mass is 694 g/mol. The maximum atomic E-state index is 5.70. The molecule has 0 heterocycles. The average Bonchev–Trinajstić information content (AvgIpc) is 3.86. The maximum Gasteiger partial charge on any atom is 0.159 e. The van der Waals surface area contributed by atoms with E-state index >= 15 is 0 Å². The van der Waals surface area contributed by atoms with Gasteiger partial charge in [0.25, 0.3) is 0 Å². The van der Waals surface area contributed by atoms with Gasteiger partial charge in [0.05, 0.1) is 7.11 Å². The SMILES string of the molecule is COC(=S)CCCC1(c2ccccc2)C2c3cc4c5c6c7c8c9c%10c%11c%12c%13c%14c(c%15c3c5c8c%15c%13%10)C21CC%14C=C%12CC1CC2C[C@@H](C=C6C4)C7C=9C2C=%111. The zero-order valence-corrected chi connectivity index (χ0v) is 30.5. The van der Waals surface area contributed by atoms with Gasteiger partial charge in [0.15, 0.2) is 5.05 Å². The molecular formula is C51H34OS. The zero-order valence-electron chi connectivity index (χ0n) is 29.6. The summed E-state index contributed by atoms with van der Waals surface area (Å²) in [6.45, 7) is 0. The lowest BCUT2D eigenvalue weighted by atomic mass is 9.61. The fourth-order valence-corrected chi connectivity index (χ4v) is 18.3. The van der Waals surface area contributed by atoms with Crippen molar-refractivity contribution in [1.82, 2.24) is 0 Å². The summed E-state index contributed by atoms with van der Waals surface area (Å²) in [4.78, 5) is 0. The molecule has 3 fully saturated rings. The van der Waals surface area contributed by atoms with Crippen LogP contribution >= 0.6 is 12.2 Å². The topological polar surface area (TPSA) is 9.23 Å². The van der Waals surface area contributed by atoms with Crippen LogP contribution in [-0.4, -0.2) is 12.2 Å². The van der Waals surface area contributed by atoms with E-state index in [1.807, 2.05) is 22.3 Å². The molecule has 53 heavy (non-hydrogen) atoms. The van der Waals surface area contributed by atoms with E-state index in [4.69, 9.17) is 17.0 Å². The molecule has 3 saturated carbocycles. The van der Waals surface area contributed by atoms with E-state index in [0.29, 0.717) is 29.6 Å². The third-order valence-electron chi connectivity index (χ3n) is 18.8. The second-order valence-corrected chi connectivity index (χ2v) is 20.2. The van der Waals surface area contributed by atoms with Gasteiger partial charge >= 0.3 is 0 Å². The van der Waals surface area contributed by atoms with Gasteiger partial charge in [-0.1, -0.05) is 54.1 Å². The zero-order chi connectivity index (χ0) is 33.5. The second kappa shape index (κ2) is 7.15. The molecule has 0 saturated heterocycles. The highest BCUT2D eigenvalue weighted by Crippen LogP contribution is 2.87. The summed E-state index contributed by atoms with van der Waals surface area (Å²) in [5, 5.41) is 21.6. The first-order valence-corrected chi connectivity index (χ1v) is 21.3. The summed E-state index contributed by atoms with van der Waals surface area (Å²) < 4.78 is 5.62. The number of hydrogen-bond acceptors (Lipinski definition) is 2. The molecule has 0 N–H and O–H groups in total. The molecule has 11 aliphatic rings. The van der Waals surface area contributed by atoms with Crippen molar-refractivity contribution < 1.29 is 4.74 Å². The van der Waals surface area contributed by atoms with Crippen LogP contribution in [0.2, 0.25) is 0 Å². The van der Waals surface area contributed by atoms with Crippen LogP contribution in [0.4, 0.5) is 0 Å². The summed E-state index contributed by atoms with van der Waals surface area (Å²) in [5.74, 6) is 4.59. The lowest BCUT2D eigenvalue weighted by molar-refractivity contribution is 0.323. The predicted octanol–water partition coefficient (Wildman–Crippen LogP) is 10.1. The highest BCUT2D eigenvalue weighted by atomic mass is 32.1. The Morgan fingerprint density at radius 3 is 2.58 bits per heavy atom. The molecular weight excluding hydrogens is 661 g/mol. The number of fused-ring (bicyclic) bond motifs is 1. The van der Waals surface area contributed by atoms with Crippen molar-refractivity contribution in [2.45, 2.75) is 80.0 Å². The van der Waals surface area contributed by atoms with E-state index < -0.39 is 0 Å². The van der Waals surface area contributed by atoms with Gasteiger partial charge in [-0.15, -0.1) is 0 Å². The van der Waals surface area contributed by atoms with Gasteiger partial charge in [0, 0.05) is 40.9 Å². The molecule has 7 aromatic carbocycles. The van der Waals surface area contributed by atoms with Gasteiger partial charge in [0.1, 0.15) is 0 Å².